The molecular formula is C25H31BClN2O2. The average molecular weight is 438 g/mol. The van der Waals surface area contributed by atoms with Crippen molar-refractivity contribution in [2.75, 3.05) is 19.8 Å². The first-order valence-electron chi connectivity index (χ1n) is 11.2. The molecule has 3 aromatic rings. The lowest BCUT2D eigenvalue weighted by Crippen LogP contribution is -2.22. The van der Waals surface area contributed by atoms with Crippen molar-refractivity contribution in [3.8, 4) is 5.69 Å². The number of aliphatic hydroxyl groups is 1. The van der Waals surface area contributed by atoms with Crippen LogP contribution in [0, 0.1) is 5.92 Å². The van der Waals surface area contributed by atoms with Gasteiger partial charge in [0.15, 0.2) is 0 Å². The van der Waals surface area contributed by atoms with Crippen molar-refractivity contribution < 1.29 is 9.84 Å². The van der Waals surface area contributed by atoms with Gasteiger partial charge in [0.25, 0.3) is 0 Å². The quantitative estimate of drug-likeness (QED) is 0.528. The van der Waals surface area contributed by atoms with E-state index in [0.717, 1.165) is 35.5 Å². The van der Waals surface area contributed by atoms with Crippen molar-refractivity contribution in [2.24, 2.45) is 5.92 Å². The molecule has 0 amide bonds. The van der Waals surface area contributed by atoms with Crippen molar-refractivity contribution in [1.82, 2.24) is 9.78 Å². The van der Waals surface area contributed by atoms with Gasteiger partial charge in [-0.05, 0) is 61.9 Å². The number of aromatic nitrogens is 2. The van der Waals surface area contributed by atoms with Gasteiger partial charge in [0.1, 0.15) is 0 Å². The zero-order valence-electron chi connectivity index (χ0n) is 18.0. The van der Waals surface area contributed by atoms with Crippen molar-refractivity contribution in [2.45, 2.75) is 50.9 Å². The number of fused-ring (bicyclic) bond motifs is 1. The third-order valence-electron chi connectivity index (χ3n) is 6.28. The summed E-state index contributed by atoms with van der Waals surface area (Å²) in [6, 6.07) is 16.0. The van der Waals surface area contributed by atoms with Crippen molar-refractivity contribution in [3.05, 3.63) is 59.2 Å². The van der Waals surface area contributed by atoms with Crippen LogP contribution in [-0.2, 0) is 4.74 Å². The van der Waals surface area contributed by atoms with Crippen LogP contribution < -0.4 is 0 Å². The molecule has 2 fully saturated rings. The van der Waals surface area contributed by atoms with Crippen LogP contribution in [-0.4, -0.2) is 43.1 Å². The first-order valence-corrected chi connectivity index (χ1v) is 11.6. The summed E-state index contributed by atoms with van der Waals surface area (Å²) in [4.78, 5) is 0. The summed E-state index contributed by atoms with van der Waals surface area (Å²) in [6.45, 7) is 2.16. The minimum atomic E-state index is 0. The monoisotopic (exact) mass is 437 g/mol. The normalized spacial score (nSPS) is 17.6. The Labute approximate surface area is 192 Å². The van der Waals surface area contributed by atoms with Gasteiger partial charge in [-0.3, -0.25) is 0 Å². The summed E-state index contributed by atoms with van der Waals surface area (Å²) in [5.74, 6) is 0.633. The van der Waals surface area contributed by atoms with E-state index in [2.05, 4.69) is 12.1 Å². The number of nitrogens with zero attached hydrogens (tertiary/aromatic N) is 2. The minimum Gasteiger partial charge on any atom is -0.396 e. The summed E-state index contributed by atoms with van der Waals surface area (Å²) in [7, 11) is 0. The van der Waals surface area contributed by atoms with Crippen molar-refractivity contribution in [1.29, 1.82) is 0 Å². The lowest BCUT2D eigenvalue weighted by molar-refractivity contribution is 0.193. The fourth-order valence-electron chi connectivity index (χ4n) is 4.69. The van der Waals surface area contributed by atoms with Crippen LogP contribution in [0.1, 0.15) is 56.6 Å². The highest BCUT2D eigenvalue weighted by atomic mass is 35.5. The maximum atomic E-state index is 10.3. The smallest absolute Gasteiger partial charge is 0.0930 e. The number of aliphatic hydroxyl groups excluding tert-OH is 1. The lowest BCUT2D eigenvalue weighted by Gasteiger charge is -2.29. The van der Waals surface area contributed by atoms with Crippen LogP contribution in [0.4, 0.5) is 0 Å². The number of hydrogen-bond donors (Lipinski definition) is 1. The molecule has 31 heavy (non-hydrogen) atoms. The summed E-state index contributed by atoms with van der Waals surface area (Å²) < 4.78 is 6.95. The molecule has 1 aliphatic heterocycles. The maximum absolute atomic E-state index is 10.3. The molecule has 1 aromatic heterocycles. The van der Waals surface area contributed by atoms with Crippen LogP contribution in [0.2, 0.25) is 5.02 Å². The Morgan fingerprint density at radius 3 is 2.26 bits per heavy atom. The van der Waals surface area contributed by atoms with Gasteiger partial charge in [0.05, 0.1) is 23.5 Å². The summed E-state index contributed by atoms with van der Waals surface area (Å²) in [5, 5.41) is 17.0. The third kappa shape index (κ3) is 5.71. The van der Waals surface area contributed by atoms with Crippen LogP contribution >= 0.6 is 11.6 Å². The number of benzene rings is 2. The van der Waals surface area contributed by atoms with Gasteiger partial charge in [-0.15, -0.1) is 0 Å². The van der Waals surface area contributed by atoms with E-state index in [-0.39, 0.29) is 20.9 Å². The predicted octanol–water partition coefficient (Wildman–Crippen LogP) is 5.75. The summed E-state index contributed by atoms with van der Waals surface area (Å²) in [6.07, 6.45) is 8.75. The summed E-state index contributed by atoms with van der Waals surface area (Å²) in [5.41, 5.74) is 3.10. The van der Waals surface area contributed by atoms with Crippen LogP contribution in [0.3, 0.4) is 0 Å². The van der Waals surface area contributed by atoms with E-state index in [1.165, 1.54) is 44.9 Å². The first kappa shape index (κ1) is 23.8. The van der Waals surface area contributed by atoms with Gasteiger partial charge in [0.2, 0.25) is 0 Å². The molecule has 1 saturated heterocycles. The van der Waals surface area contributed by atoms with Crippen LogP contribution in [0.15, 0.2) is 48.5 Å². The zero-order valence-corrected chi connectivity index (χ0v) is 18.8. The molecule has 163 valence electrons. The second-order valence-corrected chi connectivity index (χ2v) is 8.73. The Bertz CT molecular complexity index is 927. The number of rotatable bonds is 4. The molecule has 2 aromatic carbocycles. The molecule has 5 rings (SSSR count). The largest absolute Gasteiger partial charge is 0.396 e. The molecular weight excluding hydrogens is 407 g/mol. The second kappa shape index (κ2) is 11.7. The van der Waals surface area contributed by atoms with Crippen molar-refractivity contribution in [3.63, 3.8) is 0 Å². The number of hydrogen-bond acceptors (Lipinski definition) is 3. The van der Waals surface area contributed by atoms with Gasteiger partial charge in [-0.1, -0.05) is 49.1 Å². The minimum absolute atomic E-state index is 0. The SMILES string of the molecule is C1CCOC1.OCC(c1c2ccccc2nn1-c1ccc(Cl)cc1)C1CCCCC1.[B]. The average Bonchev–Trinajstić information content (AvgIpc) is 3.48. The standard InChI is InChI=1S/C21H23ClN2O.C4H8O.B/c22-16-10-12-17(13-11-16)24-21(18-8-4-5-9-20(18)23-24)19(14-25)15-6-2-1-3-7-15;1-2-4-5-3-1;/h4-5,8-13,15,19,25H,1-3,6-7,14H2;1-4H2;. The Hall–Kier alpha value is -1.82. The van der Waals surface area contributed by atoms with Crippen LogP contribution in [0.5, 0.6) is 0 Å². The van der Waals surface area contributed by atoms with E-state index in [1.807, 2.05) is 41.1 Å². The molecule has 1 atom stereocenters. The van der Waals surface area contributed by atoms with E-state index in [1.54, 1.807) is 0 Å². The Balaban J connectivity index is 0.000000401. The Morgan fingerprint density at radius 1 is 0.968 bits per heavy atom. The molecule has 0 spiro atoms. The van der Waals surface area contributed by atoms with E-state index < -0.39 is 0 Å². The third-order valence-corrected chi connectivity index (χ3v) is 6.53. The van der Waals surface area contributed by atoms with E-state index in [9.17, 15) is 5.11 Å². The van der Waals surface area contributed by atoms with E-state index in [4.69, 9.17) is 21.4 Å². The molecule has 3 radical (unpaired) electrons. The lowest BCUT2D eigenvalue weighted by atomic mass is 9.78. The summed E-state index contributed by atoms with van der Waals surface area (Å²) >= 11 is 6.06. The van der Waals surface area contributed by atoms with Gasteiger partial charge < -0.3 is 9.84 Å². The maximum Gasteiger partial charge on any atom is 0.0930 e. The van der Waals surface area contributed by atoms with Gasteiger partial charge in [-0.25, -0.2) is 4.68 Å². The van der Waals surface area contributed by atoms with E-state index in [0.29, 0.717) is 10.9 Å². The highest BCUT2D eigenvalue weighted by Gasteiger charge is 2.29. The molecule has 2 aliphatic rings. The first-order chi connectivity index (χ1) is 14.8. The Morgan fingerprint density at radius 2 is 1.65 bits per heavy atom. The van der Waals surface area contributed by atoms with Crippen LogP contribution in [0.25, 0.3) is 16.6 Å². The Kier molecular flexibility index (Phi) is 9.00. The zero-order chi connectivity index (χ0) is 20.8. The van der Waals surface area contributed by atoms with E-state index >= 15 is 0 Å². The van der Waals surface area contributed by atoms with Gasteiger partial charge in [-0.2, -0.15) is 5.10 Å². The molecule has 1 aliphatic carbocycles. The number of halogens is 1. The molecule has 4 nitrogen and oxygen atoms in total. The fraction of sp³-hybridized carbons (Fsp3) is 0.480. The second-order valence-electron chi connectivity index (χ2n) is 8.30. The molecule has 1 N–H and O–H groups in total. The van der Waals surface area contributed by atoms with Crippen molar-refractivity contribution >= 4 is 30.9 Å². The van der Waals surface area contributed by atoms with Gasteiger partial charge in [0, 0.05) is 38.0 Å². The topological polar surface area (TPSA) is 47.3 Å². The molecule has 2 heterocycles. The fourth-order valence-corrected chi connectivity index (χ4v) is 4.82. The molecule has 1 saturated carbocycles. The van der Waals surface area contributed by atoms with Gasteiger partial charge >= 0.3 is 0 Å². The molecule has 1 unspecified atom stereocenters. The highest BCUT2D eigenvalue weighted by molar-refractivity contribution is 6.30. The highest BCUT2D eigenvalue weighted by Crippen LogP contribution is 2.39. The molecule has 6 heteroatoms. The molecule has 0 bridgehead atoms. The number of ether oxygens (including phenoxy) is 1. The predicted molar refractivity (Wildman–Crippen MR) is 128 cm³/mol.